The number of anilines is 1. The highest BCUT2D eigenvalue weighted by atomic mass is 35.5. The minimum absolute atomic E-state index is 0.126. The number of hydrogen-bond acceptors (Lipinski definition) is 4. The number of rotatable bonds is 10. The van der Waals surface area contributed by atoms with Crippen molar-refractivity contribution in [2.45, 2.75) is 52.2 Å². The van der Waals surface area contributed by atoms with Crippen molar-refractivity contribution in [3.8, 4) is 0 Å². The Morgan fingerprint density at radius 1 is 0.902 bits per heavy atom. The van der Waals surface area contributed by atoms with Crippen LogP contribution >= 0.6 is 34.8 Å². The van der Waals surface area contributed by atoms with Crippen molar-refractivity contribution in [1.82, 2.24) is 10.2 Å². The van der Waals surface area contributed by atoms with Crippen LogP contribution < -0.4 is 9.62 Å². The summed E-state index contributed by atoms with van der Waals surface area (Å²) in [6.45, 7) is 6.61. The lowest BCUT2D eigenvalue weighted by Gasteiger charge is -2.35. The average molecular weight is 639 g/mol. The summed E-state index contributed by atoms with van der Waals surface area (Å²) in [5, 5.41) is 3.96. The second-order valence-corrected chi connectivity index (χ2v) is 14.0. The Morgan fingerprint density at radius 3 is 2.05 bits per heavy atom. The molecule has 1 atom stereocenters. The highest BCUT2D eigenvalue weighted by molar-refractivity contribution is 7.92. The van der Waals surface area contributed by atoms with Gasteiger partial charge in [-0.25, -0.2) is 8.42 Å². The molecular formula is C30H34Cl3N3O4S. The van der Waals surface area contributed by atoms with Crippen LogP contribution in [0.5, 0.6) is 0 Å². The Labute approximate surface area is 257 Å². The highest BCUT2D eigenvalue weighted by Crippen LogP contribution is 2.29. The van der Waals surface area contributed by atoms with Gasteiger partial charge in [0.15, 0.2) is 0 Å². The third kappa shape index (κ3) is 9.10. The molecule has 0 fully saturated rings. The van der Waals surface area contributed by atoms with Gasteiger partial charge in [-0.05, 0) is 63.1 Å². The van der Waals surface area contributed by atoms with E-state index in [1.165, 1.54) is 11.0 Å². The monoisotopic (exact) mass is 637 g/mol. The van der Waals surface area contributed by atoms with Crippen molar-refractivity contribution in [3.05, 3.63) is 98.5 Å². The number of benzene rings is 3. The van der Waals surface area contributed by atoms with Crippen LogP contribution in [0.15, 0.2) is 66.7 Å². The fourth-order valence-corrected chi connectivity index (χ4v) is 5.74. The van der Waals surface area contributed by atoms with Crippen LogP contribution in [0.25, 0.3) is 0 Å². The third-order valence-electron chi connectivity index (χ3n) is 6.28. The molecule has 220 valence electrons. The van der Waals surface area contributed by atoms with Gasteiger partial charge in [-0.1, -0.05) is 77.3 Å². The van der Waals surface area contributed by atoms with Crippen LogP contribution in [0.2, 0.25) is 15.1 Å². The number of carbonyl (C=O) groups excluding carboxylic acids is 2. The molecule has 0 saturated heterocycles. The Balaban J connectivity index is 2.13. The van der Waals surface area contributed by atoms with Crippen LogP contribution in [0.3, 0.4) is 0 Å². The van der Waals surface area contributed by atoms with Gasteiger partial charge in [0.05, 0.1) is 11.9 Å². The molecule has 3 aromatic rings. The summed E-state index contributed by atoms with van der Waals surface area (Å²) in [7, 11) is -3.92. The van der Waals surface area contributed by atoms with E-state index in [0.29, 0.717) is 20.6 Å². The van der Waals surface area contributed by atoms with Crippen molar-refractivity contribution in [3.63, 3.8) is 0 Å². The van der Waals surface area contributed by atoms with Gasteiger partial charge in [0.25, 0.3) is 0 Å². The summed E-state index contributed by atoms with van der Waals surface area (Å²) >= 11 is 19.3. The molecule has 11 heteroatoms. The van der Waals surface area contributed by atoms with Gasteiger partial charge in [-0.3, -0.25) is 13.9 Å². The zero-order valence-corrected chi connectivity index (χ0v) is 26.7. The molecule has 2 amide bonds. The van der Waals surface area contributed by atoms with E-state index in [2.05, 4.69) is 5.32 Å². The average Bonchev–Trinajstić information content (AvgIpc) is 2.86. The molecule has 0 aromatic heterocycles. The summed E-state index contributed by atoms with van der Waals surface area (Å²) in [5.74, 6) is -1.02. The van der Waals surface area contributed by atoms with Crippen LogP contribution in [0.4, 0.5) is 5.69 Å². The quantitative estimate of drug-likeness (QED) is 0.283. The predicted molar refractivity (Wildman–Crippen MR) is 167 cm³/mol. The number of hydrogen-bond donors (Lipinski definition) is 1. The van der Waals surface area contributed by atoms with E-state index in [1.54, 1.807) is 37.3 Å². The molecule has 41 heavy (non-hydrogen) atoms. The molecule has 7 nitrogen and oxygen atoms in total. The van der Waals surface area contributed by atoms with Crippen molar-refractivity contribution >= 4 is 62.3 Å². The first-order chi connectivity index (χ1) is 19.1. The van der Waals surface area contributed by atoms with Gasteiger partial charge in [0.2, 0.25) is 21.8 Å². The largest absolute Gasteiger partial charge is 0.350 e. The molecule has 1 N–H and O–H groups in total. The second kappa shape index (κ2) is 13.5. The molecular weight excluding hydrogens is 605 g/mol. The van der Waals surface area contributed by atoms with Crippen molar-refractivity contribution in [1.29, 1.82) is 0 Å². The molecule has 0 spiro atoms. The first-order valence-corrected chi connectivity index (χ1v) is 15.9. The molecule has 0 aliphatic carbocycles. The number of amides is 2. The Morgan fingerprint density at radius 2 is 1.51 bits per heavy atom. The van der Waals surface area contributed by atoms with Crippen LogP contribution in [0, 0.1) is 6.92 Å². The third-order valence-corrected chi connectivity index (χ3v) is 8.54. The number of aryl methyl sites for hydroxylation is 1. The number of nitrogens with zero attached hydrogens (tertiary/aromatic N) is 2. The molecule has 0 radical (unpaired) electrons. The molecule has 1 unspecified atom stereocenters. The fraction of sp³-hybridized carbons (Fsp3) is 0.333. The van der Waals surface area contributed by atoms with Gasteiger partial charge < -0.3 is 10.2 Å². The topological polar surface area (TPSA) is 86.8 Å². The van der Waals surface area contributed by atoms with Crippen molar-refractivity contribution in [2.75, 3.05) is 17.1 Å². The number of sulfonamides is 1. The second-order valence-electron chi connectivity index (χ2n) is 10.9. The van der Waals surface area contributed by atoms with Crippen LogP contribution in [0.1, 0.15) is 37.5 Å². The lowest BCUT2D eigenvalue weighted by atomic mass is 10.0. The zero-order chi connectivity index (χ0) is 30.5. The van der Waals surface area contributed by atoms with E-state index in [9.17, 15) is 18.0 Å². The number of carbonyl (C=O) groups is 2. The number of nitrogens with one attached hydrogen (secondary N) is 1. The minimum Gasteiger partial charge on any atom is -0.350 e. The van der Waals surface area contributed by atoms with Crippen LogP contribution in [-0.2, 0) is 32.6 Å². The first-order valence-electron chi connectivity index (χ1n) is 12.9. The molecule has 3 aromatic carbocycles. The lowest BCUT2D eigenvalue weighted by molar-refractivity contribution is -0.140. The Kier molecular flexibility index (Phi) is 10.7. The van der Waals surface area contributed by atoms with E-state index in [4.69, 9.17) is 34.8 Å². The highest BCUT2D eigenvalue weighted by Gasteiger charge is 2.35. The maximum absolute atomic E-state index is 14.2. The van der Waals surface area contributed by atoms with Gasteiger partial charge in [0, 0.05) is 39.1 Å². The van der Waals surface area contributed by atoms with Gasteiger partial charge in [0.1, 0.15) is 12.6 Å². The van der Waals surface area contributed by atoms with E-state index < -0.39 is 40.0 Å². The summed E-state index contributed by atoms with van der Waals surface area (Å²) in [4.78, 5) is 29.3. The smallest absolute Gasteiger partial charge is 0.244 e. The van der Waals surface area contributed by atoms with E-state index in [1.807, 2.05) is 51.1 Å². The van der Waals surface area contributed by atoms with Crippen LogP contribution in [-0.4, -0.2) is 49.5 Å². The molecule has 0 bridgehead atoms. The Hall–Kier alpha value is -2.78. The molecule has 0 heterocycles. The maximum Gasteiger partial charge on any atom is 0.244 e. The molecule has 0 aliphatic heterocycles. The predicted octanol–water partition coefficient (Wildman–Crippen LogP) is 6.28. The first kappa shape index (κ1) is 32.7. The summed E-state index contributed by atoms with van der Waals surface area (Å²) in [5.41, 5.74) is 1.64. The van der Waals surface area contributed by atoms with E-state index >= 15 is 0 Å². The van der Waals surface area contributed by atoms with Gasteiger partial charge in [-0.15, -0.1) is 0 Å². The summed E-state index contributed by atoms with van der Waals surface area (Å²) in [6.07, 6.45) is 1.18. The van der Waals surface area contributed by atoms with Crippen molar-refractivity contribution in [2.24, 2.45) is 0 Å². The molecule has 0 aliphatic rings. The van der Waals surface area contributed by atoms with Gasteiger partial charge >= 0.3 is 0 Å². The van der Waals surface area contributed by atoms with Gasteiger partial charge in [-0.2, -0.15) is 0 Å². The fourth-order valence-electron chi connectivity index (χ4n) is 4.21. The van der Waals surface area contributed by atoms with E-state index in [-0.39, 0.29) is 18.7 Å². The minimum atomic E-state index is -3.92. The normalized spacial score (nSPS) is 12.5. The summed E-state index contributed by atoms with van der Waals surface area (Å²) < 4.78 is 26.8. The SMILES string of the molecule is Cc1ccc(N(CC(=O)N(Cc2c(Cl)cccc2Cl)C(Cc2ccccc2)C(=O)NC(C)(C)C)S(C)(=O)=O)cc1Cl. The molecule has 0 saturated carbocycles. The lowest BCUT2D eigenvalue weighted by Crippen LogP contribution is -2.56. The zero-order valence-electron chi connectivity index (χ0n) is 23.6. The number of halogens is 3. The Bertz CT molecular complexity index is 1490. The van der Waals surface area contributed by atoms with E-state index in [0.717, 1.165) is 21.7 Å². The van der Waals surface area contributed by atoms with Crippen molar-refractivity contribution < 1.29 is 18.0 Å². The summed E-state index contributed by atoms with van der Waals surface area (Å²) in [6, 6.07) is 18.0. The maximum atomic E-state index is 14.2. The standard InChI is InChI=1S/C30H34Cl3N3O4S/c1-20-14-15-22(17-26(20)33)36(41(5,39)40)19-28(37)35(18-23-24(31)12-9-13-25(23)32)27(29(38)34-30(2,3)4)16-21-10-7-6-8-11-21/h6-15,17,27H,16,18-19H2,1-5H3,(H,34,38). The molecule has 3 rings (SSSR count).